The highest BCUT2D eigenvalue weighted by molar-refractivity contribution is 5.92. The molecule has 0 spiro atoms. The van der Waals surface area contributed by atoms with E-state index in [2.05, 4.69) is 14.3 Å². The predicted octanol–water partition coefficient (Wildman–Crippen LogP) is 6.31. The number of carboxylic acids is 1. The molecular weight excluding hydrogens is 542 g/mol. The lowest BCUT2D eigenvalue weighted by Gasteiger charge is -2.33. The van der Waals surface area contributed by atoms with Gasteiger partial charge in [0.25, 0.3) is 0 Å². The van der Waals surface area contributed by atoms with Gasteiger partial charge in [-0.15, -0.1) is 0 Å². The third kappa shape index (κ3) is 5.71. The average molecular weight is 573 g/mol. The standard InChI is InChI=1S/C32H30F2N4O4/c1-35-23-7-5-22(27(34)16-23)19-42-31-25(3-2-4-26(31)33)20-9-12-37(13-10-20)18-30-36-28-8-6-21(32(39)40)15-29(28)38(30)17-24-11-14-41-24/h2-8,15-16,20,24H,9-14,17-19H2,(H,39,40)/t24-/m0/s1. The van der Waals surface area contributed by atoms with E-state index < -0.39 is 17.6 Å². The number of benzene rings is 3. The lowest BCUT2D eigenvalue weighted by atomic mass is 9.88. The number of hydrogen-bond donors (Lipinski definition) is 1. The van der Waals surface area contributed by atoms with Crippen LogP contribution in [0.5, 0.6) is 5.75 Å². The van der Waals surface area contributed by atoms with E-state index in [1.54, 1.807) is 24.3 Å². The van der Waals surface area contributed by atoms with E-state index in [9.17, 15) is 18.7 Å². The van der Waals surface area contributed by atoms with Gasteiger partial charge in [0.1, 0.15) is 18.2 Å². The van der Waals surface area contributed by atoms with Crippen molar-refractivity contribution in [2.24, 2.45) is 0 Å². The minimum Gasteiger partial charge on any atom is -0.485 e. The molecule has 6 rings (SSSR count). The molecule has 3 aromatic carbocycles. The largest absolute Gasteiger partial charge is 0.485 e. The van der Waals surface area contributed by atoms with Gasteiger partial charge in [-0.25, -0.2) is 23.4 Å². The van der Waals surface area contributed by atoms with Crippen molar-refractivity contribution in [2.45, 2.75) is 51.0 Å². The monoisotopic (exact) mass is 572 g/mol. The molecular formula is C32H30F2N4O4. The van der Waals surface area contributed by atoms with Crippen molar-refractivity contribution >= 4 is 22.7 Å². The number of aromatic carboxylic acids is 1. The number of nitrogens with zero attached hydrogens (tertiary/aromatic N) is 4. The van der Waals surface area contributed by atoms with Crippen molar-refractivity contribution in [3.8, 4) is 5.75 Å². The number of hydrogen-bond acceptors (Lipinski definition) is 5. The van der Waals surface area contributed by atoms with Gasteiger partial charge in [0.15, 0.2) is 17.3 Å². The average Bonchev–Trinajstić information content (AvgIpc) is 3.30. The van der Waals surface area contributed by atoms with Gasteiger partial charge in [0.05, 0.1) is 42.4 Å². The fourth-order valence-electron chi connectivity index (χ4n) is 5.74. The number of carbonyl (C=O) groups is 1. The van der Waals surface area contributed by atoms with E-state index >= 15 is 0 Å². The van der Waals surface area contributed by atoms with E-state index in [-0.39, 0.29) is 41.2 Å². The SMILES string of the molecule is [C-]#[N+]c1ccc(COc2c(F)cccc2C2CCN(Cc3nc4ccc(C(=O)O)cc4n3C[C@@H]3CCO3)CC2)c(F)c1. The maximum atomic E-state index is 14.9. The molecule has 0 radical (unpaired) electrons. The van der Waals surface area contributed by atoms with Crippen LogP contribution < -0.4 is 4.74 Å². The number of likely N-dealkylation sites (tertiary alicyclic amines) is 1. The fourth-order valence-corrected chi connectivity index (χ4v) is 5.74. The summed E-state index contributed by atoms with van der Waals surface area (Å²) in [5, 5.41) is 9.50. The van der Waals surface area contributed by atoms with Crippen LogP contribution >= 0.6 is 0 Å². The van der Waals surface area contributed by atoms with E-state index in [1.165, 1.54) is 18.2 Å². The molecule has 2 aliphatic rings. The quantitative estimate of drug-likeness (QED) is 0.237. The van der Waals surface area contributed by atoms with Crippen LogP contribution in [0.25, 0.3) is 15.9 Å². The first-order valence-electron chi connectivity index (χ1n) is 14.0. The van der Waals surface area contributed by atoms with Crippen LogP contribution in [0.1, 0.15) is 52.5 Å². The van der Waals surface area contributed by atoms with Crippen LogP contribution in [0.3, 0.4) is 0 Å². The molecule has 42 heavy (non-hydrogen) atoms. The van der Waals surface area contributed by atoms with E-state index in [1.807, 2.05) is 6.07 Å². The summed E-state index contributed by atoms with van der Waals surface area (Å²) >= 11 is 0. The molecule has 10 heteroatoms. The van der Waals surface area contributed by atoms with Gasteiger partial charge in [0.2, 0.25) is 0 Å². The Kier molecular flexibility index (Phi) is 7.87. The van der Waals surface area contributed by atoms with Crippen molar-refractivity contribution in [1.29, 1.82) is 0 Å². The first kappa shape index (κ1) is 27.8. The number of aromatic nitrogens is 2. The molecule has 0 unspecified atom stereocenters. The number of piperidine rings is 1. The molecule has 2 aliphatic heterocycles. The number of fused-ring (bicyclic) bond motifs is 1. The first-order valence-corrected chi connectivity index (χ1v) is 14.0. The minimum absolute atomic E-state index is 0.0709. The highest BCUT2D eigenvalue weighted by Crippen LogP contribution is 2.37. The van der Waals surface area contributed by atoms with Crippen LogP contribution in [-0.4, -0.2) is 51.3 Å². The van der Waals surface area contributed by atoms with Crippen LogP contribution in [0, 0.1) is 18.2 Å². The van der Waals surface area contributed by atoms with Crippen molar-refractivity contribution in [3.05, 3.63) is 100 Å². The Hall–Kier alpha value is -4.33. The van der Waals surface area contributed by atoms with Gasteiger partial charge in [-0.1, -0.05) is 24.3 Å². The zero-order valence-electron chi connectivity index (χ0n) is 22.9. The number of imidazole rings is 1. The third-order valence-corrected chi connectivity index (χ3v) is 8.18. The second kappa shape index (κ2) is 11.9. The van der Waals surface area contributed by atoms with Crippen molar-refractivity contribution in [2.75, 3.05) is 19.7 Å². The van der Waals surface area contributed by atoms with Crippen LogP contribution in [0.4, 0.5) is 14.5 Å². The molecule has 3 heterocycles. The number of rotatable bonds is 9. The Labute approximate surface area is 241 Å². The second-order valence-electron chi connectivity index (χ2n) is 10.8. The maximum Gasteiger partial charge on any atom is 0.335 e. The van der Waals surface area contributed by atoms with Gasteiger partial charge in [-0.2, -0.15) is 0 Å². The number of carboxylic acid groups (broad SMARTS) is 1. The molecule has 4 aromatic rings. The number of halogens is 2. The minimum atomic E-state index is -0.975. The summed E-state index contributed by atoms with van der Waals surface area (Å²) in [4.78, 5) is 22.0. The normalized spacial score (nSPS) is 17.6. The summed E-state index contributed by atoms with van der Waals surface area (Å²) in [6.45, 7) is 10.4. The van der Waals surface area contributed by atoms with Gasteiger partial charge < -0.3 is 19.1 Å². The molecule has 1 N–H and O–H groups in total. The summed E-state index contributed by atoms with van der Waals surface area (Å²) in [5.74, 6) is -0.938. The number of para-hydroxylation sites is 1. The molecule has 1 atom stereocenters. The molecule has 0 bridgehead atoms. The van der Waals surface area contributed by atoms with Crippen LogP contribution in [0.15, 0.2) is 54.6 Å². The maximum absolute atomic E-state index is 14.9. The Morgan fingerprint density at radius 1 is 1.10 bits per heavy atom. The van der Waals surface area contributed by atoms with E-state index in [0.717, 1.165) is 67.4 Å². The molecule has 1 aromatic heterocycles. The lowest BCUT2D eigenvalue weighted by Crippen LogP contribution is -2.35. The van der Waals surface area contributed by atoms with Gasteiger partial charge >= 0.3 is 5.97 Å². The zero-order valence-corrected chi connectivity index (χ0v) is 22.9. The van der Waals surface area contributed by atoms with Gasteiger partial charge in [-0.3, -0.25) is 4.90 Å². The lowest BCUT2D eigenvalue weighted by molar-refractivity contribution is -0.0592. The molecule has 216 valence electrons. The third-order valence-electron chi connectivity index (χ3n) is 8.18. The van der Waals surface area contributed by atoms with E-state index in [0.29, 0.717) is 13.1 Å². The van der Waals surface area contributed by atoms with Crippen LogP contribution in [-0.2, 0) is 24.4 Å². The summed E-state index contributed by atoms with van der Waals surface area (Å²) < 4.78 is 42.9. The first-order chi connectivity index (χ1) is 20.4. The Balaban J connectivity index is 1.16. The van der Waals surface area contributed by atoms with Crippen molar-refractivity contribution < 1.29 is 28.2 Å². The molecule has 0 aliphatic carbocycles. The summed E-state index contributed by atoms with van der Waals surface area (Å²) in [7, 11) is 0. The topological polar surface area (TPSA) is 81.2 Å². The van der Waals surface area contributed by atoms with Gasteiger partial charge in [-0.05, 0) is 68.6 Å². The van der Waals surface area contributed by atoms with Gasteiger partial charge in [0, 0.05) is 17.7 Å². The highest BCUT2D eigenvalue weighted by Gasteiger charge is 2.27. The number of ether oxygens (including phenoxy) is 2. The Morgan fingerprint density at radius 2 is 1.90 bits per heavy atom. The summed E-state index contributed by atoms with van der Waals surface area (Å²) in [6.07, 6.45) is 2.61. The molecule has 2 saturated heterocycles. The van der Waals surface area contributed by atoms with Crippen molar-refractivity contribution in [3.63, 3.8) is 0 Å². The Bertz CT molecular complexity index is 1670. The van der Waals surface area contributed by atoms with Crippen LogP contribution in [0.2, 0.25) is 0 Å². The van der Waals surface area contributed by atoms with E-state index in [4.69, 9.17) is 21.0 Å². The van der Waals surface area contributed by atoms with Crippen molar-refractivity contribution in [1.82, 2.24) is 14.5 Å². The highest BCUT2D eigenvalue weighted by atomic mass is 19.1. The summed E-state index contributed by atoms with van der Waals surface area (Å²) in [5.41, 5.74) is 3.00. The molecule has 2 fully saturated rings. The second-order valence-corrected chi connectivity index (χ2v) is 10.8. The Morgan fingerprint density at radius 3 is 2.60 bits per heavy atom. The molecule has 0 saturated carbocycles. The fraction of sp³-hybridized carbons (Fsp3) is 0.344. The summed E-state index contributed by atoms with van der Waals surface area (Å²) in [6, 6.07) is 14.1. The molecule has 8 nitrogen and oxygen atoms in total. The zero-order chi connectivity index (χ0) is 29.2. The molecule has 0 amide bonds. The predicted molar refractivity (Wildman–Crippen MR) is 152 cm³/mol. The smallest absolute Gasteiger partial charge is 0.335 e.